The van der Waals surface area contributed by atoms with Crippen molar-refractivity contribution in [2.75, 3.05) is 24.7 Å². The maximum Gasteiger partial charge on any atom is 0.254 e. The number of benzene rings is 1. The van der Waals surface area contributed by atoms with Crippen LogP contribution < -0.4 is 10.0 Å². The van der Waals surface area contributed by atoms with Gasteiger partial charge in [0.2, 0.25) is 15.9 Å². The number of anilines is 1. The third-order valence-corrected chi connectivity index (χ3v) is 5.08. The summed E-state index contributed by atoms with van der Waals surface area (Å²) in [7, 11) is -3.29. The summed E-state index contributed by atoms with van der Waals surface area (Å²) in [6, 6.07) is 6.65. The van der Waals surface area contributed by atoms with E-state index >= 15 is 0 Å². The molecule has 1 aliphatic heterocycles. The summed E-state index contributed by atoms with van der Waals surface area (Å²) >= 11 is 0. The minimum atomic E-state index is -3.29. The van der Waals surface area contributed by atoms with E-state index in [0.29, 0.717) is 17.8 Å². The van der Waals surface area contributed by atoms with E-state index in [1.54, 1.807) is 29.2 Å². The molecular formula is C18H27N3O4S. The number of nitrogens with zero attached hydrogens (tertiary/aromatic N) is 1. The maximum absolute atomic E-state index is 12.8. The SMILES string of the molecule is CC(C)C(=O)Nc1ccc(C(=O)N2CCCC[C@@H]2CNS(C)(=O)=O)cc1. The normalized spacial score (nSPS) is 18.0. The Labute approximate surface area is 155 Å². The lowest BCUT2D eigenvalue weighted by Crippen LogP contribution is -2.49. The summed E-state index contributed by atoms with van der Waals surface area (Å²) in [4.78, 5) is 26.3. The summed E-state index contributed by atoms with van der Waals surface area (Å²) < 4.78 is 25.2. The van der Waals surface area contributed by atoms with Gasteiger partial charge in [-0.3, -0.25) is 9.59 Å². The van der Waals surface area contributed by atoms with Crippen molar-refractivity contribution in [1.29, 1.82) is 0 Å². The molecule has 1 heterocycles. The monoisotopic (exact) mass is 381 g/mol. The number of hydrogen-bond donors (Lipinski definition) is 2. The van der Waals surface area contributed by atoms with Crippen molar-refractivity contribution in [3.05, 3.63) is 29.8 Å². The molecule has 0 saturated carbocycles. The van der Waals surface area contributed by atoms with Crippen LogP contribution in [0.2, 0.25) is 0 Å². The molecule has 1 aliphatic rings. The molecule has 7 nitrogen and oxygen atoms in total. The highest BCUT2D eigenvalue weighted by Gasteiger charge is 2.28. The molecule has 144 valence electrons. The van der Waals surface area contributed by atoms with Crippen LogP contribution >= 0.6 is 0 Å². The fourth-order valence-corrected chi connectivity index (χ4v) is 3.37. The number of nitrogens with one attached hydrogen (secondary N) is 2. The molecule has 2 rings (SSSR count). The standard InChI is InChI=1S/C18H27N3O4S/c1-13(2)17(22)20-15-9-7-14(8-10-15)18(23)21-11-5-4-6-16(21)12-19-26(3,24)25/h7-10,13,16,19H,4-6,11-12H2,1-3H3,(H,20,22)/t16-/m1/s1. The molecule has 0 aromatic heterocycles. The second kappa shape index (κ2) is 8.64. The number of sulfonamides is 1. The highest BCUT2D eigenvalue weighted by Crippen LogP contribution is 2.20. The van der Waals surface area contributed by atoms with Crippen LogP contribution in [0.4, 0.5) is 5.69 Å². The summed E-state index contributed by atoms with van der Waals surface area (Å²) in [5, 5.41) is 2.79. The summed E-state index contributed by atoms with van der Waals surface area (Å²) in [6.07, 6.45) is 3.77. The van der Waals surface area contributed by atoms with Crippen LogP contribution in [0.1, 0.15) is 43.5 Å². The zero-order valence-electron chi connectivity index (χ0n) is 15.5. The van der Waals surface area contributed by atoms with Gasteiger partial charge in [0.25, 0.3) is 5.91 Å². The molecular weight excluding hydrogens is 354 g/mol. The van der Waals surface area contributed by atoms with Gasteiger partial charge < -0.3 is 10.2 Å². The van der Waals surface area contributed by atoms with Crippen LogP contribution in [0, 0.1) is 5.92 Å². The van der Waals surface area contributed by atoms with Crippen molar-refractivity contribution >= 4 is 27.5 Å². The van der Waals surface area contributed by atoms with Crippen LogP contribution in [-0.2, 0) is 14.8 Å². The van der Waals surface area contributed by atoms with Gasteiger partial charge in [-0.1, -0.05) is 13.8 Å². The first-order valence-corrected chi connectivity index (χ1v) is 10.7. The first-order valence-electron chi connectivity index (χ1n) is 8.84. The molecule has 1 aromatic rings. The molecule has 8 heteroatoms. The quantitative estimate of drug-likeness (QED) is 0.786. The minimum Gasteiger partial charge on any atom is -0.334 e. The third-order valence-electron chi connectivity index (χ3n) is 4.39. The van der Waals surface area contributed by atoms with E-state index in [2.05, 4.69) is 10.0 Å². The highest BCUT2D eigenvalue weighted by atomic mass is 32.2. The molecule has 1 aromatic carbocycles. The molecule has 0 aliphatic carbocycles. The van der Waals surface area contributed by atoms with Crippen molar-refractivity contribution in [3.8, 4) is 0 Å². The zero-order chi connectivity index (χ0) is 19.3. The van der Waals surface area contributed by atoms with Gasteiger partial charge in [-0.25, -0.2) is 13.1 Å². The van der Waals surface area contributed by atoms with Gasteiger partial charge in [0.15, 0.2) is 0 Å². The highest BCUT2D eigenvalue weighted by molar-refractivity contribution is 7.88. The van der Waals surface area contributed by atoms with Gasteiger partial charge in [0.05, 0.1) is 6.26 Å². The Morgan fingerprint density at radius 3 is 2.42 bits per heavy atom. The van der Waals surface area contributed by atoms with Gasteiger partial charge in [-0.05, 0) is 43.5 Å². The second-order valence-electron chi connectivity index (χ2n) is 6.99. The van der Waals surface area contributed by atoms with E-state index in [-0.39, 0.29) is 30.3 Å². The predicted molar refractivity (Wildman–Crippen MR) is 101 cm³/mol. The van der Waals surface area contributed by atoms with Crippen molar-refractivity contribution in [3.63, 3.8) is 0 Å². The number of likely N-dealkylation sites (tertiary alicyclic amines) is 1. The molecule has 26 heavy (non-hydrogen) atoms. The summed E-state index contributed by atoms with van der Waals surface area (Å²) in [5.74, 6) is -0.313. The van der Waals surface area contributed by atoms with E-state index in [9.17, 15) is 18.0 Å². The van der Waals surface area contributed by atoms with Gasteiger partial charge in [-0.15, -0.1) is 0 Å². The average molecular weight is 381 g/mol. The number of amides is 2. The lowest BCUT2D eigenvalue weighted by molar-refractivity contribution is -0.118. The van der Waals surface area contributed by atoms with E-state index in [1.807, 2.05) is 13.8 Å². The largest absolute Gasteiger partial charge is 0.334 e. The number of hydrogen-bond acceptors (Lipinski definition) is 4. The van der Waals surface area contributed by atoms with Crippen molar-refractivity contribution in [2.24, 2.45) is 5.92 Å². The molecule has 0 radical (unpaired) electrons. The Morgan fingerprint density at radius 2 is 1.85 bits per heavy atom. The molecule has 0 bridgehead atoms. The van der Waals surface area contributed by atoms with E-state index in [4.69, 9.17) is 0 Å². The van der Waals surface area contributed by atoms with Gasteiger partial charge in [0, 0.05) is 36.3 Å². The lowest BCUT2D eigenvalue weighted by Gasteiger charge is -2.35. The molecule has 0 spiro atoms. The average Bonchev–Trinajstić information content (AvgIpc) is 2.59. The molecule has 1 fully saturated rings. The van der Waals surface area contributed by atoms with Crippen LogP contribution in [0.5, 0.6) is 0 Å². The Bertz CT molecular complexity index is 744. The topological polar surface area (TPSA) is 95.6 Å². The number of carbonyl (C=O) groups excluding carboxylic acids is 2. The molecule has 1 atom stereocenters. The number of piperidine rings is 1. The first-order chi connectivity index (χ1) is 12.2. The van der Waals surface area contributed by atoms with Gasteiger partial charge in [0.1, 0.15) is 0 Å². The Kier molecular flexibility index (Phi) is 6.77. The van der Waals surface area contributed by atoms with Crippen LogP contribution in [0.25, 0.3) is 0 Å². The lowest BCUT2D eigenvalue weighted by atomic mass is 10.0. The maximum atomic E-state index is 12.8. The Morgan fingerprint density at radius 1 is 1.19 bits per heavy atom. The van der Waals surface area contributed by atoms with Crippen molar-refractivity contribution in [2.45, 2.75) is 39.2 Å². The van der Waals surface area contributed by atoms with Crippen LogP contribution in [0.3, 0.4) is 0 Å². The van der Waals surface area contributed by atoms with Crippen LogP contribution in [0.15, 0.2) is 24.3 Å². The molecule has 1 saturated heterocycles. The smallest absolute Gasteiger partial charge is 0.254 e. The zero-order valence-corrected chi connectivity index (χ0v) is 16.3. The molecule has 2 amide bonds. The van der Waals surface area contributed by atoms with E-state index in [1.165, 1.54) is 0 Å². The molecule has 0 unspecified atom stereocenters. The second-order valence-corrected chi connectivity index (χ2v) is 8.82. The minimum absolute atomic E-state index is 0.0768. The van der Waals surface area contributed by atoms with Crippen molar-refractivity contribution in [1.82, 2.24) is 9.62 Å². The van der Waals surface area contributed by atoms with Crippen molar-refractivity contribution < 1.29 is 18.0 Å². The fraction of sp³-hybridized carbons (Fsp3) is 0.556. The van der Waals surface area contributed by atoms with Gasteiger partial charge >= 0.3 is 0 Å². The summed E-state index contributed by atoms with van der Waals surface area (Å²) in [5.41, 5.74) is 1.17. The summed E-state index contributed by atoms with van der Waals surface area (Å²) in [6.45, 7) is 4.47. The van der Waals surface area contributed by atoms with E-state index in [0.717, 1.165) is 25.5 Å². The number of carbonyl (C=O) groups is 2. The first kappa shape index (κ1) is 20.4. The molecule has 2 N–H and O–H groups in total. The van der Waals surface area contributed by atoms with Crippen LogP contribution in [-0.4, -0.2) is 50.5 Å². The predicted octanol–water partition coefficient (Wildman–Crippen LogP) is 1.82. The number of rotatable bonds is 6. The Hall–Kier alpha value is -1.93. The third kappa shape index (κ3) is 5.81. The Balaban J connectivity index is 2.06. The van der Waals surface area contributed by atoms with Gasteiger partial charge in [-0.2, -0.15) is 0 Å². The van der Waals surface area contributed by atoms with E-state index < -0.39 is 10.0 Å². The fourth-order valence-electron chi connectivity index (χ4n) is 2.88.